The van der Waals surface area contributed by atoms with E-state index in [1.807, 2.05) is 60.7 Å². The molecule has 0 spiro atoms. The second-order valence-electron chi connectivity index (χ2n) is 7.00. The van der Waals surface area contributed by atoms with Gasteiger partial charge in [-0.15, -0.1) is 0 Å². The van der Waals surface area contributed by atoms with Crippen LogP contribution in [0.25, 0.3) is 10.8 Å². The van der Waals surface area contributed by atoms with E-state index in [0.717, 1.165) is 16.3 Å². The van der Waals surface area contributed by atoms with E-state index in [0.29, 0.717) is 21.2 Å². The third kappa shape index (κ3) is 4.61. The molecular weight excluding hydrogens is 433 g/mol. The number of halogens is 2. The number of phenols is 1. The van der Waals surface area contributed by atoms with Crippen LogP contribution in [0.5, 0.6) is 5.75 Å². The number of fused-ring (bicyclic) bond motifs is 1. The lowest BCUT2D eigenvalue weighted by atomic mass is 9.92. The third-order valence-corrected chi connectivity index (χ3v) is 5.84. The summed E-state index contributed by atoms with van der Waals surface area (Å²) in [6.07, 6.45) is -0.641. The molecule has 6 heteroatoms. The van der Waals surface area contributed by atoms with Crippen LogP contribution in [-0.4, -0.2) is 11.2 Å². The Kier molecular flexibility index (Phi) is 6.31. The predicted molar refractivity (Wildman–Crippen MR) is 124 cm³/mol. The smallest absolute Gasteiger partial charge is 0.408 e. The van der Waals surface area contributed by atoms with Gasteiger partial charge in [-0.2, -0.15) is 0 Å². The van der Waals surface area contributed by atoms with Gasteiger partial charge in [0.05, 0.1) is 16.1 Å². The summed E-state index contributed by atoms with van der Waals surface area (Å²) in [6.45, 7) is 0.115. The van der Waals surface area contributed by atoms with Crippen LogP contribution in [0.4, 0.5) is 4.79 Å². The summed E-state index contributed by atoms with van der Waals surface area (Å²) in [5.41, 5.74) is 1.93. The van der Waals surface area contributed by atoms with Crippen LogP contribution >= 0.6 is 23.2 Å². The fourth-order valence-electron chi connectivity index (χ4n) is 3.52. The van der Waals surface area contributed by atoms with Crippen molar-refractivity contribution in [1.29, 1.82) is 0 Å². The Morgan fingerprint density at radius 2 is 1.65 bits per heavy atom. The number of phenolic OH excluding ortho intramolecular Hbond substituents is 1. The van der Waals surface area contributed by atoms with E-state index >= 15 is 0 Å². The molecule has 0 bridgehead atoms. The average molecular weight is 452 g/mol. The van der Waals surface area contributed by atoms with E-state index in [4.69, 9.17) is 27.9 Å². The number of ether oxygens (including phenoxy) is 1. The summed E-state index contributed by atoms with van der Waals surface area (Å²) in [7, 11) is 0. The first-order valence-electron chi connectivity index (χ1n) is 9.66. The number of carbonyl (C=O) groups excluding carboxylic acids is 1. The number of rotatable bonds is 5. The molecule has 0 fully saturated rings. The largest absolute Gasteiger partial charge is 0.508 e. The van der Waals surface area contributed by atoms with E-state index in [-0.39, 0.29) is 12.4 Å². The molecule has 0 aliphatic carbocycles. The van der Waals surface area contributed by atoms with Crippen molar-refractivity contribution in [2.75, 3.05) is 0 Å². The standard InChI is InChI=1S/C25H19Cl2NO3/c26-20-12-6-11-19(23(20)27)24(28-25(30)31-15-16-7-2-1-3-8-16)22-18-10-5-4-9-17(18)13-14-21(22)29/h1-14,24,29H,15H2,(H,28,30). The normalized spacial score (nSPS) is 11.8. The van der Waals surface area contributed by atoms with Crippen LogP contribution in [0.3, 0.4) is 0 Å². The molecule has 0 saturated heterocycles. The number of hydrogen-bond acceptors (Lipinski definition) is 3. The Morgan fingerprint density at radius 1 is 0.903 bits per heavy atom. The number of carbonyl (C=O) groups is 1. The predicted octanol–water partition coefficient (Wildman–Crippen LogP) is 6.87. The maximum Gasteiger partial charge on any atom is 0.408 e. The summed E-state index contributed by atoms with van der Waals surface area (Å²) in [5.74, 6) is 0.0306. The lowest BCUT2D eigenvalue weighted by molar-refractivity contribution is 0.137. The first-order chi connectivity index (χ1) is 15.0. The number of hydrogen-bond donors (Lipinski definition) is 2. The maximum atomic E-state index is 12.7. The van der Waals surface area contributed by atoms with Crippen LogP contribution in [-0.2, 0) is 11.3 Å². The molecule has 0 aliphatic rings. The Labute approximate surface area is 190 Å². The summed E-state index contributed by atoms with van der Waals surface area (Å²) < 4.78 is 5.42. The van der Waals surface area contributed by atoms with Gasteiger partial charge in [0, 0.05) is 5.56 Å². The van der Waals surface area contributed by atoms with Crippen molar-refractivity contribution in [1.82, 2.24) is 5.32 Å². The lowest BCUT2D eigenvalue weighted by Crippen LogP contribution is -2.30. The molecule has 1 unspecified atom stereocenters. The van der Waals surface area contributed by atoms with Crippen LogP contribution in [0, 0.1) is 0 Å². The first-order valence-corrected chi connectivity index (χ1v) is 10.4. The van der Waals surface area contributed by atoms with Gasteiger partial charge < -0.3 is 15.2 Å². The number of amides is 1. The number of alkyl carbamates (subject to hydrolysis) is 1. The number of aromatic hydroxyl groups is 1. The minimum Gasteiger partial charge on any atom is -0.508 e. The van der Waals surface area contributed by atoms with E-state index in [1.165, 1.54) is 0 Å². The fraction of sp³-hybridized carbons (Fsp3) is 0.0800. The van der Waals surface area contributed by atoms with Crippen molar-refractivity contribution >= 4 is 40.1 Å². The van der Waals surface area contributed by atoms with Gasteiger partial charge in [-0.25, -0.2) is 4.79 Å². The van der Waals surface area contributed by atoms with E-state index in [2.05, 4.69) is 5.32 Å². The van der Waals surface area contributed by atoms with E-state index in [9.17, 15) is 9.90 Å². The molecule has 4 nitrogen and oxygen atoms in total. The van der Waals surface area contributed by atoms with Crippen LogP contribution in [0.2, 0.25) is 10.0 Å². The highest BCUT2D eigenvalue weighted by Gasteiger charge is 2.26. The minimum atomic E-state index is -0.777. The van der Waals surface area contributed by atoms with Crippen molar-refractivity contribution in [2.45, 2.75) is 12.6 Å². The zero-order valence-electron chi connectivity index (χ0n) is 16.4. The highest BCUT2D eigenvalue weighted by Crippen LogP contribution is 2.39. The Hall–Kier alpha value is -3.21. The van der Waals surface area contributed by atoms with Gasteiger partial charge in [0.2, 0.25) is 0 Å². The molecule has 31 heavy (non-hydrogen) atoms. The SMILES string of the molecule is O=C(NC(c1cccc(Cl)c1Cl)c1c(O)ccc2ccccc12)OCc1ccccc1. The average Bonchev–Trinajstić information content (AvgIpc) is 2.79. The quantitative estimate of drug-likeness (QED) is 0.348. The van der Waals surface area contributed by atoms with Crippen molar-refractivity contribution < 1.29 is 14.6 Å². The van der Waals surface area contributed by atoms with Gasteiger partial charge in [-0.1, -0.05) is 96.0 Å². The molecule has 1 amide bonds. The van der Waals surface area contributed by atoms with Gasteiger partial charge >= 0.3 is 6.09 Å². The van der Waals surface area contributed by atoms with E-state index < -0.39 is 12.1 Å². The second-order valence-corrected chi connectivity index (χ2v) is 7.79. The highest BCUT2D eigenvalue weighted by molar-refractivity contribution is 6.42. The molecule has 0 radical (unpaired) electrons. The zero-order valence-corrected chi connectivity index (χ0v) is 17.9. The molecule has 0 aliphatic heterocycles. The second kappa shape index (κ2) is 9.29. The Bertz CT molecular complexity index is 1230. The van der Waals surface area contributed by atoms with Gasteiger partial charge in [0.1, 0.15) is 12.4 Å². The molecule has 0 heterocycles. The summed E-state index contributed by atoms with van der Waals surface area (Å²) in [6, 6.07) is 24.8. The number of nitrogens with one attached hydrogen (secondary N) is 1. The van der Waals surface area contributed by atoms with Crippen LogP contribution in [0.15, 0.2) is 84.9 Å². The topological polar surface area (TPSA) is 58.6 Å². The molecule has 4 aromatic rings. The minimum absolute atomic E-state index is 0.0306. The first kappa shape index (κ1) is 21.0. The molecule has 0 saturated carbocycles. The maximum absolute atomic E-state index is 12.7. The zero-order chi connectivity index (χ0) is 21.8. The summed E-state index contributed by atoms with van der Waals surface area (Å²) >= 11 is 12.7. The molecule has 2 N–H and O–H groups in total. The van der Waals surface area contributed by atoms with Crippen molar-refractivity contribution in [3.63, 3.8) is 0 Å². The van der Waals surface area contributed by atoms with Gasteiger partial charge in [-0.05, 0) is 34.0 Å². The van der Waals surface area contributed by atoms with Gasteiger partial charge in [0.15, 0.2) is 0 Å². The van der Waals surface area contributed by atoms with Gasteiger partial charge in [0.25, 0.3) is 0 Å². The molecular formula is C25H19Cl2NO3. The van der Waals surface area contributed by atoms with Crippen LogP contribution < -0.4 is 5.32 Å². The Morgan fingerprint density at radius 3 is 2.45 bits per heavy atom. The summed E-state index contributed by atoms with van der Waals surface area (Å²) in [5, 5.41) is 16.0. The lowest BCUT2D eigenvalue weighted by Gasteiger charge is -2.23. The monoisotopic (exact) mass is 451 g/mol. The van der Waals surface area contributed by atoms with E-state index in [1.54, 1.807) is 24.3 Å². The van der Waals surface area contributed by atoms with Gasteiger partial charge in [-0.3, -0.25) is 0 Å². The fourth-order valence-corrected chi connectivity index (χ4v) is 3.94. The van der Waals surface area contributed by atoms with Crippen molar-refractivity contribution in [2.24, 2.45) is 0 Å². The molecule has 1 atom stereocenters. The molecule has 4 rings (SSSR count). The molecule has 0 aromatic heterocycles. The third-order valence-electron chi connectivity index (χ3n) is 5.00. The molecule has 4 aromatic carbocycles. The van der Waals surface area contributed by atoms with Crippen LogP contribution in [0.1, 0.15) is 22.7 Å². The molecule has 156 valence electrons. The van der Waals surface area contributed by atoms with Crippen molar-refractivity contribution in [3.8, 4) is 5.75 Å². The highest BCUT2D eigenvalue weighted by atomic mass is 35.5. The number of benzene rings is 4. The Balaban J connectivity index is 1.74. The van der Waals surface area contributed by atoms with Crippen molar-refractivity contribution in [3.05, 3.63) is 112 Å². The summed E-state index contributed by atoms with van der Waals surface area (Å²) in [4.78, 5) is 12.7.